The predicted octanol–water partition coefficient (Wildman–Crippen LogP) is 6.51. The van der Waals surface area contributed by atoms with Crippen molar-refractivity contribution < 1.29 is 14.7 Å². The van der Waals surface area contributed by atoms with Crippen LogP contribution >= 0.6 is 0 Å². The molecule has 0 unspecified atom stereocenters. The smallest absolute Gasteiger partial charge is 0.303 e. The normalized spacial score (nSPS) is 10.2. The number of rotatable bonds is 17. The first-order valence-corrected chi connectivity index (χ1v) is 11.5. The molecule has 166 valence electrons. The minimum atomic E-state index is -0.653. The molecule has 1 aromatic heterocycles. The van der Waals surface area contributed by atoms with Crippen molar-refractivity contribution in [1.29, 1.82) is 0 Å². The Morgan fingerprint density at radius 1 is 0.828 bits per heavy atom. The molecule has 0 aliphatic heterocycles. The molecule has 1 rings (SSSR count). The quantitative estimate of drug-likeness (QED) is 0.288. The second-order valence-electron chi connectivity index (χ2n) is 7.70. The van der Waals surface area contributed by atoms with E-state index in [0.29, 0.717) is 12.0 Å². The van der Waals surface area contributed by atoms with E-state index in [1.165, 1.54) is 89.7 Å². The Labute approximate surface area is 177 Å². The van der Waals surface area contributed by atoms with Gasteiger partial charge in [-0.25, -0.2) is 0 Å². The number of carbonyl (C=O) groups is 2. The molecule has 5 heteroatoms. The van der Waals surface area contributed by atoms with Gasteiger partial charge in [-0.05, 0) is 18.6 Å². The van der Waals surface area contributed by atoms with Crippen LogP contribution in [0.25, 0.3) is 0 Å². The fourth-order valence-corrected chi connectivity index (χ4v) is 3.16. The summed E-state index contributed by atoms with van der Waals surface area (Å²) >= 11 is 0. The molecular weight excluding hydrogens is 364 g/mol. The van der Waals surface area contributed by atoms with Crippen molar-refractivity contribution in [2.75, 3.05) is 0 Å². The highest BCUT2D eigenvalue weighted by molar-refractivity contribution is 5.92. The van der Waals surface area contributed by atoms with Gasteiger partial charge in [0.05, 0.1) is 5.56 Å². The van der Waals surface area contributed by atoms with Gasteiger partial charge in [0.25, 0.3) is 0 Å². The summed E-state index contributed by atoms with van der Waals surface area (Å²) in [5.41, 5.74) is 5.38. The van der Waals surface area contributed by atoms with E-state index in [9.17, 15) is 9.59 Å². The summed E-state index contributed by atoms with van der Waals surface area (Å²) in [6, 6.07) is 3.29. The number of nitrogens with two attached hydrogens (primary N) is 1. The van der Waals surface area contributed by atoms with Gasteiger partial charge >= 0.3 is 5.97 Å². The number of nitrogens with zero attached hydrogens (tertiary/aromatic N) is 1. The van der Waals surface area contributed by atoms with E-state index in [1.807, 2.05) is 0 Å². The number of hydrogen-bond acceptors (Lipinski definition) is 3. The van der Waals surface area contributed by atoms with Crippen molar-refractivity contribution in [2.45, 2.75) is 110 Å². The number of carboxylic acid groups (broad SMARTS) is 1. The van der Waals surface area contributed by atoms with Gasteiger partial charge in [-0.3, -0.25) is 14.6 Å². The molecule has 3 N–H and O–H groups in total. The van der Waals surface area contributed by atoms with Crippen LogP contribution < -0.4 is 5.73 Å². The largest absolute Gasteiger partial charge is 0.481 e. The summed E-state index contributed by atoms with van der Waals surface area (Å²) in [5, 5.41) is 8.52. The highest BCUT2D eigenvalue weighted by Gasteiger charge is 1.97. The highest BCUT2D eigenvalue weighted by atomic mass is 16.4. The number of hydrogen-bond donors (Lipinski definition) is 2. The Hall–Kier alpha value is -1.91. The van der Waals surface area contributed by atoms with Crippen LogP contribution in [0.3, 0.4) is 0 Å². The molecule has 0 aromatic carbocycles. The number of carboxylic acids is 1. The van der Waals surface area contributed by atoms with Crippen LogP contribution in [0.5, 0.6) is 0 Å². The zero-order valence-electron chi connectivity index (χ0n) is 18.4. The molecule has 1 heterocycles. The third-order valence-corrected chi connectivity index (χ3v) is 4.94. The van der Waals surface area contributed by atoms with Crippen LogP contribution in [-0.2, 0) is 4.79 Å². The first-order valence-electron chi connectivity index (χ1n) is 11.5. The number of amides is 1. The Morgan fingerprint density at radius 2 is 1.28 bits per heavy atom. The first-order chi connectivity index (χ1) is 14.1. The molecule has 0 aliphatic rings. The van der Waals surface area contributed by atoms with Gasteiger partial charge in [-0.2, -0.15) is 0 Å². The zero-order valence-corrected chi connectivity index (χ0v) is 18.4. The lowest BCUT2D eigenvalue weighted by atomic mass is 10.0. The van der Waals surface area contributed by atoms with Gasteiger partial charge in [0, 0.05) is 18.8 Å². The fourth-order valence-electron chi connectivity index (χ4n) is 3.16. The molecule has 0 radical (unpaired) electrons. The van der Waals surface area contributed by atoms with Gasteiger partial charge in [-0.1, -0.05) is 96.8 Å². The lowest BCUT2D eigenvalue weighted by Gasteiger charge is -2.03. The van der Waals surface area contributed by atoms with Crippen molar-refractivity contribution >= 4 is 11.9 Å². The molecule has 0 atom stereocenters. The SMILES string of the molecule is CCCCCCCCCCCCCCCCCC(=O)O.NC(=O)c1cccnc1. The molecule has 0 fully saturated rings. The fraction of sp³-hybridized carbons (Fsp3) is 0.708. The van der Waals surface area contributed by atoms with Gasteiger partial charge in [0.2, 0.25) is 5.91 Å². The van der Waals surface area contributed by atoms with Crippen LogP contribution in [0.2, 0.25) is 0 Å². The first kappa shape index (κ1) is 27.1. The maximum Gasteiger partial charge on any atom is 0.303 e. The maximum absolute atomic E-state index is 10.4. The molecule has 0 saturated carbocycles. The average Bonchev–Trinajstić information content (AvgIpc) is 2.72. The molecule has 5 nitrogen and oxygen atoms in total. The standard InChI is InChI=1S/C18H36O2.C6H6N2O/c1-2-3-4-5-6-7-8-9-10-11-12-13-14-15-16-17-18(19)20;7-6(9)5-2-1-3-8-4-5/h2-17H2,1H3,(H,19,20);1-4H,(H2,7,9). The zero-order chi connectivity index (χ0) is 21.6. The molecular formula is C24H42N2O3. The number of pyridine rings is 1. The predicted molar refractivity (Wildman–Crippen MR) is 120 cm³/mol. The van der Waals surface area contributed by atoms with E-state index in [-0.39, 0.29) is 0 Å². The molecule has 0 bridgehead atoms. The lowest BCUT2D eigenvalue weighted by Crippen LogP contribution is -2.10. The summed E-state index contributed by atoms with van der Waals surface area (Å²) in [5.74, 6) is -1.09. The molecule has 1 amide bonds. The van der Waals surface area contributed by atoms with Crippen molar-refractivity contribution in [3.05, 3.63) is 30.1 Å². The minimum absolute atomic E-state index is 0.345. The number of carbonyl (C=O) groups excluding carboxylic acids is 1. The molecule has 29 heavy (non-hydrogen) atoms. The van der Waals surface area contributed by atoms with Crippen LogP contribution in [-0.4, -0.2) is 22.0 Å². The van der Waals surface area contributed by atoms with Crippen molar-refractivity contribution in [3.63, 3.8) is 0 Å². The molecule has 1 aromatic rings. The highest BCUT2D eigenvalue weighted by Crippen LogP contribution is 2.13. The van der Waals surface area contributed by atoms with Crippen LogP contribution in [0.15, 0.2) is 24.5 Å². The Bertz CT molecular complexity index is 506. The minimum Gasteiger partial charge on any atom is -0.481 e. The van der Waals surface area contributed by atoms with Gasteiger partial charge < -0.3 is 10.8 Å². The van der Waals surface area contributed by atoms with Crippen molar-refractivity contribution in [3.8, 4) is 0 Å². The van der Waals surface area contributed by atoms with E-state index in [0.717, 1.165) is 12.8 Å². The Balaban J connectivity index is 0.000000717. The number of primary amides is 1. The van der Waals surface area contributed by atoms with Crippen LogP contribution in [0, 0.1) is 0 Å². The van der Waals surface area contributed by atoms with E-state index in [2.05, 4.69) is 11.9 Å². The lowest BCUT2D eigenvalue weighted by molar-refractivity contribution is -0.137. The second kappa shape index (κ2) is 20.8. The van der Waals surface area contributed by atoms with Gasteiger partial charge in [0.1, 0.15) is 0 Å². The van der Waals surface area contributed by atoms with Crippen molar-refractivity contribution in [1.82, 2.24) is 4.98 Å². The maximum atomic E-state index is 10.4. The van der Waals surface area contributed by atoms with E-state index in [1.54, 1.807) is 18.3 Å². The summed E-state index contributed by atoms with van der Waals surface area (Å²) in [6.45, 7) is 2.27. The van der Waals surface area contributed by atoms with Gasteiger partial charge in [0.15, 0.2) is 0 Å². The second-order valence-corrected chi connectivity index (χ2v) is 7.70. The number of aliphatic carboxylic acids is 1. The van der Waals surface area contributed by atoms with E-state index < -0.39 is 11.9 Å². The van der Waals surface area contributed by atoms with E-state index in [4.69, 9.17) is 10.8 Å². The monoisotopic (exact) mass is 406 g/mol. The average molecular weight is 407 g/mol. The third-order valence-electron chi connectivity index (χ3n) is 4.94. The molecule has 0 aliphatic carbocycles. The van der Waals surface area contributed by atoms with E-state index >= 15 is 0 Å². The summed E-state index contributed by atoms with van der Waals surface area (Å²) in [6.07, 6.45) is 23.2. The number of unbranched alkanes of at least 4 members (excludes halogenated alkanes) is 14. The topological polar surface area (TPSA) is 93.3 Å². The van der Waals surface area contributed by atoms with Gasteiger partial charge in [-0.15, -0.1) is 0 Å². The Kier molecular flexibility index (Phi) is 19.4. The number of aromatic nitrogens is 1. The van der Waals surface area contributed by atoms with Crippen LogP contribution in [0.1, 0.15) is 120 Å². The van der Waals surface area contributed by atoms with Crippen LogP contribution in [0.4, 0.5) is 0 Å². The summed E-state index contributed by atoms with van der Waals surface area (Å²) < 4.78 is 0. The molecule has 0 saturated heterocycles. The molecule has 0 spiro atoms. The summed E-state index contributed by atoms with van der Waals surface area (Å²) in [4.78, 5) is 24.4. The summed E-state index contributed by atoms with van der Waals surface area (Å²) in [7, 11) is 0. The van der Waals surface area contributed by atoms with Crippen molar-refractivity contribution in [2.24, 2.45) is 5.73 Å². The third kappa shape index (κ3) is 20.6. The Morgan fingerprint density at radius 3 is 1.59 bits per heavy atom.